The third-order valence-corrected chi connectivity index (χ3v) is 6.37. The van der Waals surface area contributed by atoms with Gasteiger partial charge in [0.25, 0.3) is 0 Å². The molecule has 4 aromatic carbocycles. The number of nitrogens with one attached hydrogen (secondary N) is 1. The molecule has 30 heavy (non-hydrogen) atoms. The maximum atomic E-state index is 6.27. The first kappa shape index (κ1) is 17.6. The van der Waals surface area contributed by atoms with Crippen LogP contribution in [0.4, 0.5) is 5.69 Å². The minimum absolute atomic E-state index is 0.0651. The van der Waals surface area contributed by atoms with Gasteiger partial charge < -0.3 is 4.90 Å². The largest absolute Gasteiger partial charge is 0.342 e. The first-order valence-corrected chi connectivity index (χ1v) is 10.4. The molecule has 2 radical (unpaired) electrons. The highest BCUT2D eigenvalue weighted by Gasteiger charge is 2.46. The van der Waals surface area contributed by atoms with Crippen LogP contribution in [0.5, 0.6) is 0 Å². The van der Waals surface area contributed by atoms with Crippen molar-refractivity contribution in [2.75, 3.05) is 4.90 Å². The molecular weight excluding hydrogens is 363 g/mol. The van der Waals surface area contributed by atoms with Crippen LogP contribution in [0.3, 0.4) is 0 Å². The molecule has 1 fully saturated rings. The van der Waals surface area contributed by atoms with Crippen molar-refractivity contribution in [3.63, 3.8) is 0 Å². The van der Waals surface area contributed by atoms with Crippen LogP contribution >= 0.6 is 0 Å². The SMILES string of the molecule is [B]c1ccc2c(c1)N1C(c3ccccc3)NC(c3ccccc3)C1c1ccccc1-2. The second kappa shape index (κ2) is 6.89. The molecule has 0 amide bonds. The summed E-state index contributed by atoms with van der Waals surface area (Å²) in [5, 5.41) is 3.95. The van der Waals surface area contributed by atoms with Crippen LogP contribution in [-0.2, 0) is 0 Å². The molecule has 142 valence electrons. The molecule has 0 aliphatic carbocycles. The quantitative estimate of drug-likeness (QED) is 0.487. The Kier molecular flexibility index (Phi) is 4.03. The Morgan fingerprint density at radius 3 is 2.10 bits per heavy atom. The molecule has 3 unspecified atom stereocenters. The van der Waals surface area contributed by atoms with Gasteiger partial charge in [0.1, 0.15) is 14.0 Å². The number of nitrogens with zero attached hydrogens (tertiary/aromatic N) is 1. The zero-order valence-corrected chi connectivity index (χ0v) is 16.6. The molecule has 0 spiro atoms. The van der Waals surface area contributed by atoms with Crippen molar-refractivity contribution >= 4 is 19.0 Å². The predicted molar refractivity (Wildman–Crippen MR) is 124 cm³/mol. The third kappa shape index (κ3) is 2.63. The topological polar surface area (TPSA) is 15.3 Å². The van der Waals surface area contributed by atoms with Crippen LogP contribution in [-0.4, -0.2) is 7.85 Å². The Balaban J connectivity index is 1.61. The predicted octanol–water partition coefficient (Wildman–Crippen LogP) is 5.05. The highest BCUT2D eigenvalue weighted by atomic mass is 15.4. The molecule has 2 aliphatic rings. The molecular formula is C27H21BN2. The number of fused-ring (bicyclic) bond motifs is 6. The van der Waals surface area contributed by atoms with Gasteiger partial charge in [0.15, 0.2) is 0 Å². The van der Waals surface area contributed by atoms with Crippen molar-refractivity contribution in [2.45, 2.75) is 18.2 Å². The lowest BCUT2D eigenvalue weighted by atomic mass is 9.82. The van der Waals surface area contributed by atoms with Gasteiger partial charge in [-0.2, -0.15) is 0 Å². The van der Waals surface area contributed by atoms with Gasteiger partial charge in [0.05, 0.1) is 12.1 Å². The zero-order chi connectivity index (χ0) is 20.1. The van der Waals surface area contributed by atoms with Gasteiger partial charge in [-0.05, 0) is 28.3 Å². The maximum absolute atomic E-state index is 6.27. The van der Waals surface area contributed by atoms with E-state index in [1.807, 2.05) is 6.07 Å². The highest BCUT2D eigenvalue weighted by Crippen LogP contribution is 2.55. The summed E-state index contributed by atoms with van der Waals surface area (Å²) in [6.45, 7) is 0. The Morgan fingerprint density at radius 1 is 0.667 bits per heavy atom. The summed E-state index contributed by atoms with van der Waals surface area (Å²) < 4.78 is 0. The van der Waals surface area contributed by atoms with Gasteiger partial charge >= 0.3 is 0 Å². The van der Waals surface area contributed by atoms with Crippen molar-refractivity contribution < 1.29 is 0 Å². The standard InChI is InChI=1S/C27H21BN2/c28-20-15-16-22-21-13-7-8-14-23(21)26-25(18-9-3-1-4-10-18)29-27(30(26)24(22)17-20)19-11-5-2-6-12-19/h1-17,25-27,29H. The second-order valence-corrected chi connectivity index (χ2v) is 8.08. The molecule has 4 aromatic rings. The number of hydrogen-bond acceptors (Lipinski definition) is 2. The fraction of sp³-hybridized carbons (Fsp3) is 0.111. The van der Waals surface area contributed by atoms with Crippen LogP contribution in [0, 0.1) is 0 Å². The fourth-order valence-corrected chi connectivity index (χ4v) is 5.10. The molecule has 6 rings (SSSR count). The summed E-state index contributed by atoms with van der Waals surface area (Å²) in [4.78, 5) is 2.53. The molecule has 2 heterocycles. The number of hydrogen-bond donors (Lipinski definition) is 1. The summed E-state index contributed by atoms with van der Waals surface area (Å²) in [6, 6.07) is 36.9. The minimum atomic E-state index is 0.0651. The van der Waals surface area contributed by atoms with E-state index in [0.717, 1.165) is 5.46 Å². The number of benzene rings is 4. The molecule has 0 aromatic heterocycles. The zero-order valence-electron chi connectivity index (χ0n) is 16.6. The van der Waals surface area contributed by atoms with E-state index in [1.54, 1.807) is 0 Å². The minimum Gasteiger partial charge on any atom is -0.342 e. The van der Waals surface area contributed by atoms with E-state index < -0.39 is 0 Å². The molecule has 1 saturated heterocycles. The first-order chi connectivity index (χ1) is 14.8. The lowest BCUT2D eigenvalue weighted by molar-refractivity contribution is 0.554. The second-order valence-electron chi connectivity index (χ2n) is 8.08. The lowest BCUT2D eigenvalue weighted by Gasteiger charge is -2.39. The van der Waals surface area contributed by atoms with Gasteiger partial charge in [0.2, 0.25) is 0 Å². The van der Waals surface area contributed by atoms with Crippen molar-refractivity contribution in [3.05, 3.63) is 120 Å². The fourth-order valence-electron chi connectivity index (χ4n) is 5.10. The van der Waals surface area contributed by atoms with E-state index in [4.69, 9.17) is 7.85 Å². The van der Waals surface area contributed by atoms with Crippen LogP contribution in [0.25, 0.3) is 11.1 Å². The van der Waals surface area contributed by atoms with E-state index in [0.29, 0.717) is 0 Å². The van der Waals surface area contributed by atoms with Gasteiger partial charge in [-0.15, -0.1) is 0 Å². The third-order valence-electron chi connectivity index (χ3n) is 6.37. The molecule has 2 nitrogen and oxygen atoms in total. The summed E-state index contributed by atoms with van der Waals surface area (Å²) in [5.74, 6) is 0. The van der Waals surface area contributed by atoms with Crippen LogP contribution < -0.4 is 15.7 Å². The summed E-state index contributed by atoms with van der Waals surface area (Å²) in [5.41, 5.74) is 8.44. The van der Waals surface area contributed by atoms with E-state index in [9.17, 15) is 0 Å². The Labute approximate surface area is 178 Å². The average Bonchev–Trinajstić information content (AvgIpc) is 3.21. The van der Waals surface area contributed by atoms with Gasteiger partial charge in [-0.25, -0.2) is 0 Å². The van der Waals surface area contributed by atoms with E-state index in [-0.39, 0.29) is 18.2 Å². The van der Waals surface area contributed by atoms with Crippen LogP contribution in [0.2, 0.25) is 0 Å². The van der Waals surface area contributed by atoms with Crippen molar-refractivity contribution in [2.24, 2.45) is 0 Å². The Bertz CT molecular complexity index is 1210. The summed E-state index contributed by atoms with van der Waals surface area (Å²) >= 11 is 0. The van der Waals surface area contributed by atoms with Gasteiger partial charge in [0, 0.05) is 11.3 Å². The molecule has 3 heteroatoms. The van der Waals surface area contributed by atoms with E-state index >= 15 is 0 Å². The first-order valence-electron chi connectivity index (χ1n) is 10.4. The molecule has 1 N–H and O–H groups in total. The molecule has 3 atom stereocenters. The normalized spacial score (nSPS) is 21.6. The highest BCUT2D eigenvalue weighted by molar-refractivity contribution is 6.32. The van der Waals surface area contributed by atoms with Crippen molar-refractivity contribution in [3.8, 4) is 11.1 Å². The van der Waals surface area contributed by atoms with Gasteiger partial charge in [-0.1, -0.05) is 103 Å². The summed E-state index contributed by atoms with van der Waals surface area (Å²) in [6.07, 6.45) is 0.0651. The average molecular weight is 384 g/mol. The van der Waals surface area contributed by atoms with Crippen molar-refractivity contribution in [1.29, 1.82) is 0 Å². The van der Waals surface area contributed by atoms with Gasteiger partial charge in [-0.3, -0.25) is 5.32 Å². The van der Waals surface area contributed by atoms with E-state index in [2.05, 4.69) is 107 Å². The number of rotatable bonds is 2. The summed E-state index contributed by atoms with van der Waals surface area (Å²) in [7, 11) is 6.27. The molecule has 2 aliphatic heterocycles. The molecule has 0 saturated carbocycles. The van der Waals surface area contributed by atoms with E-state index in [1.165, 1.54) is 33.5 Å². The molecule has 0 bridgehead atoms. The lowest BCUT2D eigenvalue weighted by Crippen LogP contribution is -2.32. The Morgan fingerprint density at radius 2 is 1.33 bits per heavy atom. The monoisotopic (exact) mass is 384 g/mol. The Hall–Kier alpha value is -3.30. The van der Waals surface area contributed by atoms with Crippen molar-refractivity contribution in [1.82, 2.24) is 5.32 Å². The van der Waals surface area contributed by atoms with Crippen LogP contribution in [0.1, 0.15) is 34.9 Å². The number of anilines is 1. The maximum Gasteiger partial charge on any atom is 0.113 e. The smallest absolute Gasteiger partial charge is 0.113 e. The van der Waals surface area contributed by atoms with Crippen LogP contribution in [0.15, 0.2) is 103 Å².